The van der Waals surface area contributed by atoms with Crippen molar-refractivity contribution >= 4 is 34.1 Å². The van der Waals surface area contributed by atoms with E-state index in [2.05, 4.69) is 10.6 Å². The van der Waals surface area contributed by atoms with E-state index in [0.717, 1.165) is 0 Å². The molecular weight excluding hydrogens is 318 g/mol. The maximum atomic E-state index is 12.3. The summed E-state index contributed by atoms with van der Waals surface area (Å²) in [6.07, 6.45) is 1.61. The Bertz CT molecular complexity index is 1010. The lowest BCUT2D eigenvalue weighted by atomic mass is 10.2. The van der Waals surface area contributed by atoms with Gasteiger partial charge in [-0.15, -0.1) is 0 Å². The smallest absolute Gasteiger partial charge is 0.244 e. The van der Waals surface area contributed by atoms with Crippen molar-refractivity contribution in [3.8, 4) is 0 Å². The first kappa shape index (κ1) is 16.4. The zero-order chi connectivity index (χ0) is 17.8. The van der Waals surface area contributed by atoms with Crippen LogP contribution in [0.15, 0.2) is 65.6 Å². The Balaban J connectivity index is 1.79. The molecule has 6 heteroatoms. The molecule has 0 radical (unpaired) electrons. The topological polar surface area (TPSA) is 80.2 Å². The fourth-order valence-electron chi connectivity index (χ4n) is 2.63. The number of hydrogen-bond acceptors (Lipinski definition) is 3. The van der Waals surface area contributed by atoms with Gasteiger partial charge in [0.05, 0.1) is 5.52 Å². The highest BCUT2D eigenvalue weighted by molar-refractivity contribution is 5.94. The SMILES string of the molecule is CC(=O)Nc1cccc(NC(=O)Cn2ccc(=O)c3ccccc32)c1. The van der Waals surface area contributed by atoms with E-state index < -0.39 is 0 Å². The number of nitrogens with one attached hydrogen (secondary N) is 2. The molecule has 0 aliphatic heterocycles. The summed E-state index contributed by atoms with van der Waals surface area (Å²) in [7, 11) is 0. The van der Waals surface area contributed by atoms with Crippen LogP contribution in [0.5, 0.6) is 0 Å². The van der Waals surface area contributed by atoms with Gasteiger partial charge in [0.2, 0.25) is 11.8 Å². The average Bonchev–Trinajstić information content (AvgIpc) is 2.57. The van der Waals surface area contributed by atoms with Crippen molar-refractivity contribution in [1.29, 1.82) is 0 Å². The molecule has 0 aliphatic carbocycles. The number of hydrogen-bond donors (Lipinski definition) is 2. The first-order valence-corrected chi connectivity index (χ1v) is 7.78. The van der Waals surface area contributed by atoms with Crippen LogP contribution >= 0.6 is 0 Å². The Labute approximate surface area is 144 Å². The minimum Gasteiger partial charge on any atom is -0.338 e. The molecule has 2 aromatic carbocycles. The van der Waals surface area contributed by atoms with Crippen molar-refractivity contribution in [2.45, 2.75) is 13.5 Å². The second kappa shape index (κ2) is 7.00. The number of para-hydroxylation sites is 1. The first-order valence-electron chi connectivity index (χ1n) is 7.78. The van der Waals surface area contributed by atoms with Gasteiger partial charge in [-0.25, -0.2) is 0 Å². The fourth-order valence-corrected chi connectivity index (χ4v) is 2.63. The van der Waals surface area contributed by atoms with Gasteiger partial charge in [0, 0.05) is 35.9 Å². The Morgan fingerprint density at radius 3 is 2.44 bits per heavy atom. The summed E-state index contributed by atoms with van der Waals surface area (Å²) in [6, 6.07) is 15.5. The Kier molecular flexibility index (Phi) is 4.61. The van der Waals surface area contributed by atoms with Gasteiger partial charge in [0.1, 0.15) is 6.54 Å². The van der Waals surface area contributed by atoms with E-state index in [1.807, 2.05) is 6.07 Å². The van der Waals surface area contributed by atoms with Gasteiger partial charge in [0.25, 0.3) is 0 Å². The quantitative estimate of drug-likeness (QED) is 0.769. The summed E-state index contributed by atoms with van der Waals surface area (Å²) in [5, 5.41) is 6.04. The largest absolute Gasteiger partial charge is 0.338 e. The predicted molar refractivity (Wildman–Crippen MR) is 97.6 cm³/mol. The van der Waals surface area contributed by atoms with Gasteiger partial charge >= 0.3 is 0 Å². The molecule has 3 rings (SSSR count). The van der Waals surface area contributed by atoms with Crippen molar-refractivity contribution in [3.05, 3.63) is 71.0 Å². The molecule has 0 spiro atoms. The van der Waals surface area contributed by atoms with Crippen LogP contribution in [0.2, 0.25) is 0 Å². The van der Waals surface area contributed by atoms with E-state index in [1.54, 1.807) is 53.2 Å². The number of rotatable bonds is 4. The van der Waals surface area contributed by atoms with E-state index in [0.29, 0.717) is 22.3 Å². The number of aromatic nitrogens is 1. The highest BCUT2D eigenvalue weighted by Crippen LogP contribution is 2.15. The molecular formula is C19H17N3O3. The molecule has 25 heavy (non-hydrogen) atoms. The molecule has 0 fully saturated rings. The Morgan fingerprint density at radius 2 is 1.68 bits per heavy atom. The van der Waals surface area contributed by atoms with Crippen LogP contribution in [0.1, 0.15) is 6.92 Å². The molecule has 2 N–H and O–H groups in total. The van der Waals surface area contributed by atoms with Crippen molar-refractivity contribution in [3.63, 3.8) is 0 Å². The predicted octanol–water partition coefficient (Wildman–Crippen LogP) is 2.60. The van der Waals surface area contributed by atoms with Gasteiger partial charge in [0.15, 0.2) is 5.43 Å². The zero-order valence-corrected chi connectivity index (χ0v) is 13.7. The third kappa shape index (κ3) is 3.92. The summed E-state index contributed by atoms with van der Waals surface area (Å²) in [4.78, 5) is 35.3. The molecule has 0 unspecified atom stereocenters. The number of amides is 2. The van der Waals surface area contributed by atoms with Gasteiger partial charge in [-0.3, -0.25) is 14.4 Å². The van der Waals surface area contributed by atoms with Crippen LogP contribution in [-0.2, 0) is 16.1 Å². The van der Waals surface area contributed by atoms with E-state index in [-0.39, 0.29) is 23.8 Å². The lowest BCUT2D eigenvalue weighted by Crippen LogP contribution is -2.20. The molecule has 0 bridgehead atoms. The summed E-state index contributed by atoms with van der Waals surface area (Å²) in [5.74, 6) is -0.406. The molecule has 0 saturated carbocycles. The van der Waals surface area contributed by atoms with Crippen LogP contribution < -0.4 is 16.1 Å². The maximum absolute atomic E-state index is 12.3. The third-order valence-electron chi connectivity index (χ3n) is 3.67. The van der Waals surface area contributed by atoms with Crippen LogP contribution in [0.3, 0.4) is 0 Å². The van der Waals surface area contributed by atoms with Crippen LogP contribution in [0.25, 0.3) is 10.9 Å². The summed E-state index contributed by atoms with van der Waals surface area (Å²) >= 11 is 0. The lowest BCUT2D eigenvalue weighted by Gasteiger charge is -2.11. The van der Waals surface area contributed by atoms with Crippen molar-refractivity contribution in [1.82, 2.24) is 4.57 Å². The highest BCUT2D eigenvalue weighted by Gasteiger charge is 2.07. The van der Waals surface area contributed by atoms with Gasteiger partial charge in [-0.1, -0.05) is 18.2 Å². The standard InChI is InChI=1S/C19H17N3O3/c1-13(23)20-14-5-4-6-15(11-14)21-19(25)12-22-10-9-18(24)16-7-2-3-8-17(16)22/h2-11H,12H2,1H3,(H,20,23)(H,21,25). The van der Waals surface area contributed by atoms with E-state index in [4.69, 9.17) is 0 Å². The molecule has 1 heterocycles. The normalized spacial score (nSPS) is 10.4. The molecule has 0 atom stereocenters. The maximum Gasteiger partial charge on any atom is 0.244 e. The molecule has 2 amide bonds. The monoisotopic (exact) mass is 335 g/mol. The molecule has 0 aliphatic rings. The number of fused-ring (bicyclic) bond motifs is 1. The number of nitrogens with zero attached hydrogens (tertiary/aromatic N) is 1. The molecule has 126 valence electrons. The van der Waals surface area contributed by atoms with E-state index >= 15 is 0 Å². The number of carbonyl (C=O) groups excluding carboxylic acids is 2. The highest BCUT2D eigenvalue weighted by atomic mass is 16.2. The number of benzene rings is 2. The van der Waals surface area contributed by atoms with Crippen molar-refractivity contribution < 1.29 is 9.59 Å². The second-order valence-corrected chi connectivity index (χ2v) is 5.64. The third-order valence-corrected chi connectivity index (χ3v) is 3.67. The Morgan fingerprint density at radius 1 is 0.960 bits per heavy atom. The average molecular weight is 335 g/mol. The van der Waals surface area contributed by atoms with Gasteiger partial charge in [-0.05, 0) is 30.3 Å². The molecule has 1 aromatic heterocycles. The Hall–Kier alpha value is -3.41. The first-order chi connectivity index (χ1) is 12.0. The summed E-state index contributed by atoms with van der Waals surface area (Å²) in [5.41, 5.74) is 1.83. The van der Waals surface area contributed by atoms with E-state index in [9.17, 15) is 14.4 Å². The second-order valence-electron chi connectivity index (χ2n) is 5.64. The van der Waals surface area contributed by atoms with Gasteiger partial charge < -0.3 is 15.2 Å². The number of pyridine rings is 1. The molecule has 3 aromatic rings. The summed E-state index contributed by atoms with van der Waals surface area (Å²) in [6.45, 7) is 1.50. The number of carbonyl (C=O) groups is 2. The lowest BCUT2D eigenvalue weighted by molar-refractivity contribution is -0.116. The number of anilines is 2. The summed E-state index contributed by atoms with van der Waals surface area (Å²) < 4.78 is 1.73. The van der Waals surface area contributed by atoms with Crippen LogP contribution in [0.4, 0.5) is 11.4 Å². The van der Waals surface area contributed by atoms with Crippen LogP contribution in [-0.4, -0.2) is 16.4 Å². The van der Waals surface area contributed by atoms with E-state index in [1.165, 1.54) is 13.0 Å². The minimum absolute atomic E-state index is 0.0738. The van der Waals surface area contributed by atoms with Crippen molar-refractivity contribution in [2.75, 3.05) is 10.6 Å². The molecule has 6 nitrogen and oxygen atoms in total. The zero-order valence-electron chi connectivity index (χ0n) is 13.7. The van der Waals surface area contributed by atoms with Crippen molar-refractivity contribution in [2.24, 2.45) is 0 Å². The van der Waals surface area contributed by atoms with Gasteiger partial charge in [-0.2, -0.15) is 0 Å². The molecule has 0 saturated heterocycles. The fraction of sp³-hybridized carbons (Fsp3) is 0.105. The van der Waals surface area contributed by atoms with Crippen LogP contribution in [0, 0.1) is 0 Å². The minimum atomic E-state index is -0.228.